The van der Waals surface area contributed by atoms with Crippen LogP contribution in [0.25, 0.3) is 0 Å². The van der Waals surface area contributed by atoms with E-state index in [1.54, 1.807) is 0 Å². The maximum atomic E-state index is 13.1. The molecule has 0 aliphatic carbocycles. The number of aryl methyl sites for hydroxylation is 1. The predicted molar refractivity (Wildman–Crippen MR) is 145 cm³/mol. The number of hydrogen-bond acceptors (Lipinski definition) is 3. The van der Waals surface area contributed by atoms with E-state index in [0.29, 0.717) is 12.0 Å². The number of hydrogen-bond donors (Lipinski definition) is 1. The van der Waals surface area contributed by atoms with Crippen molar-refractivity contribution < 1.29 is 4.79 Å². The Morgan fingerprint density at radius 2 is 1.51 bits per heavy atom. The van der Waals surface area contributed by atoms with Crippen molar-refractivity contribution in [3.63, 3.8) is 0 Å². The lowest BCUT2D eigenvalue weighted by Gasteiger charge is -2.16. The molecule has 4 aromatic carbocycles. The third-order valence-electron chi connectivity index (χ3n) is 6.07. The van der Waals surface area contributed by atoms with Crippen molar-refractivity contribution in [2.45, 2.75) is 30.6 Å². The van der Waals surface area contributed by atoms with Gasteiger partial charge in [-0.25, -0.2) is 0 Å². The number of thioether (sulfide) groups is 1. The Labute approximate surface area is 211 Å². The van der Waals surface area contributed by atoms with Crippen LogP contribution in [-0.2, 0) is 17.6 Å². The van der Waals surface area contributed by atoms with Gasteiger partial charge in [0.2, 0.25) is 5.91 Å². The average molecular weight is 477 g/mol. The first-order valence-corrected chi connectivity index (χ1v) is 12.8. The lowest BCUT2D eigenvalue weighted by Crippen LogP contribution is -2.19. The van der Waals surface area contributed by atoms with Gasteiger partial charge >= 0.3 is 0 Å². The molecule has 3 nitrogen and oxygen atoms in total. The smallest absolute Gasteiger partial charge is 0.231 e. The van der Waals surface area contributed by atoms with Gasteiger partial charge in [-0.05, 0) is 59.9 Å². The number of anilines is 1. The summed E-state index contributed by atoms with van der Waals surface area (Å²) >= 11 is 1.83. The highest BCUT2D eigenvalue weighted by molar-refractivity contribution is 7.99. The number of nitrogens with one attached hydrogen (secondary N) is 1. The molecule has 0 bridgehead atoms. The number of carbonyl (C=O) groups is 1. The largest absolute Gasteiger partial charge is 0.325 e. The molecule has 0 aromatic heterocycles. The Morgan fingerprint density at radius 3 is 2.26 bits per heavy atom. The summed E-state index contributed by atoms with van der Waals surface area (Å²) in [7, 11) is 0. The summed E-state index contributed by atoms with van der Waals surface area (Å²) in [4.78, 5) is 14.3. The van der Waals surface area contributed by atoms with Crippen molar-refractivity contribution in [1.29, 1.82) is 5.26 Å². The molecule has 1 unspecified atom stereocenters. The molecule has 0 spiro atoms. The topological polar surface area (TPSA) is 52.9 Å². The van der Waals surface area contributed by atoms with E-state index in [2.05, 4.69) is 47.8 Å². The summed E-state index contributed by atoms with van der Waals surface area (Å²) in [6, 6.07) is 36.4. The van der Waals surface area contributed by atoms with Gasteiger partial charge in [-0.15, -0.1) is 11.8 Å². The normalized spacial score (nSPS) is 11.4. The molecule has 0 heterocycles. The van der Waals surface area contributed by atoms with Crippen LogP contribution in [0.5, 0.6) is 0 Å². The second kappa shape index (κ2) is 12.1. The van der Waals surface area contributed by atoms with E-state index in [4.69, 9.17) is 0 Å². The molecule has 0 radical (unpaired) electrons. The van der Waals surface area contributed by atoms with Crippen molar-refractivity contribution in [2.75, 3.05) is 11.1 Å². The molecule has 0 saturated carbocycles. The summed E-state index contributed by atoms with van der Waals surface area (Å²) in [5.41, 5.74) is 5.71. The van der Waals surface area contributed by atoms with E-state index in [1.807, 2.05) is 85.4 Å². The van der Waals surface area contributed by atoms with Crippen LogP contribution < -0.4 is 5.32 Å². The number of amides is 1. The summed E-state index contributed by atoms with van der Waals surface area (Å²) in [5.74, 6) is 0.693. The Morgan fingerprint density at radius 1 is 0.857 bits per heavy atom. The van der Waals surface area contributed by atoms with Gasteiger partial charge in [0.05, 0.1) is 17.6 Å². The Hall–Kier alpha value is -3.81. The van der Waals surface area contributed by atoms with Crippen LogP contribution in [0.2, 0.25) is 0 Å². The zero-order valence-electron chi connectivity index (χ0n) is 19.8. The molecular weight excluding hydrogens is 448 g/mol. The van der Waals surface area contributed by atoms with Crippen LogP contribution in [0, 0.1) is 11.3 Å². The van der Waals surface area contributed by atoms with Crippen LogP contribution in [0.15, 0.2) is 108 Å². The van der Waals surface area contributed by atoms with E-state index in [0.717, 1.165) is 34.6 Å². The molecule has 35 heavy (non-hydrogen) atoms. The maximum Gasteiger partial charge on any atom is 0.231 e. The Bertz CT molecular complexity index is 1310. The first-order valence-electron chi connectivity index (χ1n) is 11.8. The van der Waals surface area contributed by atoms with Gasteiger partial charge < -0.3 is 5.32 Å². The Balaban J connectivity index is 1.37. The van der Waals surface area contributed by atoms with Gasteiger partial charge in [0, 0.05) is 22.8 Å². The third kappa shape index (κ3) is 6.62. The van der Waals surface area contributed by atoms with Gasteiger partial charge in [0.15, 0.2) is 0 Å². The molecule has 4 aromatic rings. The summed E-state index contributed by atoms with van der Waals surface area (Å²) in [5, 5.41) is 12.5. The van der Waals surface area contributed by atoms with Gasteiger partial charge in [-0.3, -0.25) is 4.79 Å². The van der Waals surface area contributed by atoms with Crippen molar-refractivity contribution in [1.82, 2.24) is 0 Å². The fourth-order valence-electron chi connectivity index (χ4n) is 3.96. The minimum atomic E-state index is -0.280. The molecule has 0 aliphatic rings. The average Bonchev–Trinajstić information content (AvgIpc) is 2.90. The minimum absolute atomic E-state index is 0.0458. The molecule has 4 rings (SSSR count). The van der Waals surface area contributed by atoms with Crippen LogP contribution in [0.1, 0.15) is 40.7 Å². The number of nitrogens with zero attached hydrogens (tertiary/aromatic N) is 1. The van der Waals surface area contributed by atoms with Gasteiger partial charge in [0.25, 0.3) is 0 Å². The van der Waals surface area contributed by atoms with Crippen LogP contribution in [0.4, 0.5) is 5.69 Å². The van der Waals surface area contributed by atoms with Crippen LogP contribution >= 0.6 is 11.8 Å². The van der Waals surface area contributed by atoms with E-state index in [9.17, 15) is 10.1 Å². The fourth-order valence-corrected chi connectivity index (χ4v) is 4.86. The monoisotopic (exact) mass is 476 g/mol. The van der Waals surface area contributed by atoms with Crippen molar-refractivity contribution in [2.24, 2.45) is 0 Å². The quantitative estimate of drug-likeness (QED) is 0.259. The van der Waals surface area contributed by atoms with E-state index in [-0.39, 0.29) is 11.8 Å². The van der Waals surface area contributed by atoms with Crippen molar-refractivity contribution >= 4 is 23.4 Å². The molecule has 4 heteroatoms. The number of rotatable bonds is 9. The van der Waals surface area contributed by atoms with Crippen molar-refractivity contribution in [3.8, 4) is 6.07 Å². The first-order chi connectivity index (χ1) is 17.1. The van der Waals surface area contributed by atoms with Gasteiger partial charge in [-0.1, -0.05) is 78.9 Å². The molecule has 1 atom stereocenters. The first kappa shape index (κ1) is 24.3. The summed E-state index contributed by atoms with van der Waals surface area (Å²) in [6.07, 6.45) is 1.62. The Kier molecular flexibility index (Phi) is 8.38. The number of para-hydroxylation sites is 1. The van der Waals surface area contributed by atoms with Gasteiger partial charge in [-0.2, -0.15) is 5.26 Å². The number of benzene rings is 4. The molecule has 1 amide bonds. The van der Waals surface area contributed by atoms with Gasteiger partial charge in [0.1, 0.15) is 0 Å². The van der Waals surface area contributed by atoms with Crippen molar-refractivity contribution in [3.05, 3.63) is 131 Å². The maximum absolute atomic E-state index is 13.1. The lowest BCUT2D eigenvalue weighted by atomic mass is 9.98. The zero-order valence-corrected chi connectivity index (χ0v) is 20.6. The summed E-state index contributed by atoms with van der Waals surface area (Å²) < 4.78 is 0. The minimum Gasteiger partial charge on any atom is -0.325 e. The SMILES string of the molecule is CC(C(=O)Nc1ccccc1Cc1ccccc1C#N)c1ccc(SCCc2ccccc2)cc1. The zero-order chi connectivity index (χ0) is 24.5. The van der Waals surface area contributed by atoms with Crippen LogP contribution in [0.3, 0.4) is 0 Å². The standard InChI is InChI=1S/C31H28N2OS/c1-23(25-15-17-29(18-16-25)35-20-19-24-9-3-2-4-10-24)31(34)33-30-14-8-7-12-27(30)21-26-11-5-6-13-28(26)22-32/h2-18,23H,19-21H2,1H3,(H,33,34). The fraction of sp³-hybridized carbons (Fsp3) is 0.161. The van der Waals surface area contributed by atoms with E-state index in [1.165, 1.54) is 10.5 Å². The number of nitriles is 1. The highest BCUT2D eigenvalue weighted by Crippen LogP contribution is 2.26. The molecule has 1 N–H and O–H groups in total. The predicted octanol–water partition coefficient (Wildman–Crippen LogP) is 7.23. The molecule has 174 valence electrons. The summed E-state index contributed by atoms with van der Waals surface area (Å²) in [6.45, 7) is 1.93. The van der Waals surface area contributed by atoms with E-state index < -0.39 is 0 Å². The van der Waals surface area contributed by atoms with E-state index >= 15 is 0 Å². The second-order valence-corrected chi connectivity index (χ2v) is 9.64. The highest BCUT2D eigenvalue weighted by Gasteiger charge is 2.17. The molecular formula is C31H28N2OS. The van der Waals surface area contributed by atoms with Crippen LogP contribution in [-0.4, -0.2) is 11.7 Å². The number of carbonyl (C=O) groups excluding carboxylic acids is 1. The molecule has 0 aliphatic heterocycles. The lowest BCUT2D eigenvalue weighted by molar-refractivity contribution is -0.117. The second-order valence-electron chi connectivity index (χ2n) is 8.47. The molecule has 0 fully saturated rings. The highest BCUT2D eigenvalue weighted by atomic mass is 32.2. The molecule has 0 saturated heterocycles. The third-order valence-corrected chi connectivity index (χ3v) is 7.08.